The van der Waals surface area contributed by atoms with Crippen molar-refractivity contribution in [3.8, 4) is 0 Å². The molecule has 1 aliphatic rings. The number of hydrogen-bond acceptors (Lipinski definition) is 4. The number of nitrogens with one attached hydrogen (secondary N) is 1. The summed E-state index contributed by atoms with van der Waals surface area (Å²) in [6.45, 7) is 1.88. The van der Waals surface area contributed by atoms with E-state index in [4.69, 9.17) is 0 Å². The predicted octanol–water partition coefficient (Wildman–Crippen LogP) is 4.22. The number of carbonyl (C=O) groups excluding carboxylic acids is 1. The number of benzene rings is 2. The number of rotatable bonds is 4. The molecular formula is C21H21N3OS. The molecule has 0 bridgehead atoms. The molecule has 4 rings (SSSR count). The Morgan fingerprint density at radius 2 is 1.96 bits per heavy atom. The molecular weight excluding hydrogens is 342 g/mol. The third-order valence-electron chi connectivity index (χ3n) is 4.72. The van der Waals surface area contributed by atoms with Crippen LogP contribution in [0.5, 0.6) is 0 Å². The summed E-state index contributed by atoms with van der Waals surface area (Å²) in [5, 5.41) is 5.07. The van der Waals surface area contributed by atoms with E-state index in [1.165, 1.54) is 22.9 Å². The van der Waals surface area contributed by atoms with Crippen LogP contribution in [0.1, 0.15) is 35.8 Å². The van der Waals surface area contributed by atoms with E-state index in [0.717, 1.165) is 41.0 Å². The lowest BCUT2D eigenvalue weighted by Gasteiger charge is -2.26. The number of aromatic nitrogens is 2. The van der Waals surface area contributed by atoms with Gasteiger partial charge < -0.3 is 5.32 Å². The average Bonchev–Trinajstić information content (AvgIpc) is 2.66. The van der Waals surface area contributed by atoms with Crippen LogP contribution in [0.3, 0.4) is 0 Å². The third-order valence-corrected chi connectivity index (χ3v) is 5.72. The molecule has 1 N–H and O–H groups in total. The van der Waals surface area contributed by atoms with Gasteiger partial charge in [-0.1, -0.05) is 54.2 Å². The second-order valence-corrected chi connectivity index (χ2v) is 7.56. The number of fused-ring (bicyclic) bond motifs is 2. The highest BCUT2D eigenvalue weighted by Gasteiger charge is 2.21. The zero-order valence-electron chi connectivity index (χ0n) is 14.7. The molecule has 0 saturated heterocycles. The van der Waals surface area contributed by atoms with Gasteiger partial charge in [-0.2, -0.15) is 0 Å². The Kier molecular flexibility index (Phi) is 4.89. The van der Waals surface area contributed by atoms with Gasteiger partial charge in [-0.3, -0.25) is 4.79 Å². The lowest BCUT2D eigenvalue weighted by atomic mass is 9.88. The average molecular weight is 363 g/mol. The third kappa shape index (κ3) is 3.58. The standard InChI is InChI=1S/C21H21N3OS/c1-14-22-19-11-5-4-10-17(19)21(23-14)26-13-20(25)24-18-12-6-8-15-7-2-3-9-16(15)18/h2-5,7,9-11,18H,6,8,12-13H2,1H3,(H,24,25)/t18-/m1/s1. The molecule has 0 radical (unpaired) electrons. The minimum atomic E-state index is 0.0528. The van der Waals surface area contributed by atoms with E-state index in [1.54, 1.807) is 0 Å². The van der Waals surface area contributed by atoms with E-state index in [2.05, 4.69) is 33.5 Å². The van der Waals surface area contributed by atoms with Gasteiger partial charge in [-0.25, -0.2) is 9.97 Å². The van der Waals surface area contributed by atoms with Gasteiger partial charge in [0.25, 0.3) is 0 Å². The summed E-state index contributed by atoms with van der Waals surface area (Å²) in [4.78, 5) is 21.5. The molecule has 1 amide bonds. The van der Waals surface area contributed by atoms with Gasteiger partial charge in [0.05, 0.1) is 17.3 Å². The van der Waals surface area contributed by atoms with Gasteiger partial charge in [0, 0.05) is 5.39 Å². The number of thioether (sulfide) groups is 1. The molecule has 0 aliphatic heterocycles. The highest BCUT2D eigenvalue weighted by atomic mass is 32.2. The Balaban J connectivity index is 1.46. The van der Waals surface area contributed by atoms with E-state index in [1.807, 2.05) is 37.3 Å². The first-order chi connectivity index (χ1) is 12.7. The van der Waals surface area contributed by atoms with Crippen LogP contribution >= 0.6 is 11.8 Å². The number of amides is 1. The minimum Gasteiger partial charge on any atom is -0.349 e. The fourth-order valence-corrected chi connectivity index (χ4v) is 4.42. The van der Waals surface area contributed by atoms with Crippen LogP contribution in [0.2, 0.25) is 0 Å². The Morgan fingerprint density at radius 1 is 1.15 bits per heavy atom. The minimum absolute atomic E-state index is 0.0528. The Morgan fingerprint density at radius 3 is 2.88 bits per heavy atom. The lowest BCUT2D eigenvalue weighted by molar-refractivity contribution is -0.119. The SMILES string of the molecule is Cc1nc(SCC(=O)N[C@@H]2CCCc3ccccc32)c2ccccc2n1. The number of para-hydroxylation sites is 1. The van der Waals surface area contributed by atoms with Gasteiger partial charge in [0.2, 0.25) is 5.91 Å². The van der Waals surface area contributed by atoms with Crippen molar-refractivity contribution in [1.82, 2.24) is 15.3 Å². The molecule has 0 spiro atoms. The molecule has 132 valence electrons. The van der Waals surface area contributed by atoms with Crippen LogP contribution in [-0.2, 0) is 11.2 Å². The van der Waals surface area contributed by atoms with E-state index >= 15 is 0 Å². The van der Waals surface area contributed by atoms with Crippen LogP contribution in [0, 0.1) is 6.92 Å². The monoisotopic (exact) mass is 363 g/mol. The fraction of sp³-hybridized carbons (Fsp3) is 0.286. The largest absolute Gasteiger partial charge is 0.349 e. The van der Waals surface area contributed by atoms with Gasteiger partial charge >= 0.3 is 0 Å². The maximum atomic E-state index is 12.5. The molecule has 0 saturated carbocycles. The van der Waals surface area contributed by atoms with Crippen molar-refractivity contribution >= 4 is 28.6 Å². The van der Waals surface area contributed by atoms with Crippen LogP contribution < -0.4 is 5.32 Å². The Bertz CT molecular complexity index is 957. The second-order valence-electron chi connectivity index (χ2n) is 6.59. The summed E-state index contributed by atoms with van der Waals surface area (Å²) in [6, 6.07) is 16.5. The van der Waals surface area contributed by atoms with Crippen molar-refractivity contribution in [2.45, 2.75) is 37.3 Å². The van der Waals surface area contributed by atoms with Crippen molar-refractivity contribution in [2.24, 2.45) is 0 Å². The smallest absolute Gasteiger partial charge is 0.230 e. The van der Waals surface area contributed by atoms with Gasteiger partial charge in [0.1, 0.15) is 10.9 Å². The van der Waals surface area contributed by atoms with E-state index in [0.29, 0.717) is 5.75 Å². The van der Waals surface area contributed by atoms with Crippen LogP contribution in [0.25, 0.3) is 10.9 Å². The number of hydrogen-bond donors (Lipinski definition) is 1. The number of aryl methyl sites for hydroxylation is 2. The zero-order chi connectivity index (χ0) is 17.9. The predicted molar refractivity (Wildman–Crippen MR) is 105 cm³/mol. The molecule has 2 aromatic carbocycles. The summed E-state index contributed by atoms with van der Waals surface area (Å²) >= 11 is 1.48. The lowest BCUT2D eigenvalue weighted by Crippen LogP contribution is -2.32. The topological polar surface area (TPSA) is 54.9 Å². The zero-order valence-corrected chi connectivity index (χ0v) is 15.6. The quantitative estimate of drug-likeness (QED) is 0.557. The molecule has 1 atom stereocenters. The molecule has 1 aromatic heterocycles. The van der Waals surface area contributed by atoms with Crippen molar-refractivity contribution in [2.75, 3.05) is 5.75 Å². The Hall–Kier alpha value is -2.40. The molecule has 26 heavy (non-hydrogen) atoms. The summed E-state index contributed by atoms with van der Waals surface area (Å²) in [5.74, 6) is 1.14. The van der Waals surface area contributed by atoms with E-state index in [-0.39, 0.29) is 11.9 Å². The summed E-state index contributed by atoms with van der Waals surface area (Å²) in [5.41, 5.74) is 3.54. The maximum absolute atomic E-state index is 12.5. The molecule has 1 heterocycles. The van der Waals surface area contributed by atoms with Gasteiger partial charge in [-0.05, 0) is 43.4 Å². The normalized spacial score (nSPS) is 16.3. The number of nitrogens with zero attached hydrogens (tertiary/aromatic N) is 2. The Labute approximate surface area is 157 Å². The maximum Gasteiger partial charge on any atom is 0.230 e. The molecule has 3 aromatic rings. The van der Waals surface area contributed by atoms with Crippen molar-refractivity contribution in [3.63, 3.8) is 0 Å². The summed E-state index contributed by atoms with van der Waals surface area (Å²) < 4.78 is 0. The van der Waals surface area contributed by atoms with Gasteiger partial charge in [-0.15, -0.1) is 0 Å². The fourth-order valence-electron chi connectivity index (χ4n) is 3.54. The second kappa shape index (κ2) is 7.46. The van der Waals surface area contributed by atoms with Gasteiger partial charge in [0.15, 0.2) is 0 Å². The molecule has 0 fully saturated rings. The highest BCUT2D eigenvalue weighted by molar-refractivity contribution is 8.00. The van der Waals surface area contributed by atoms with Crippen molar-refractivity contribution in [3.05, 3.63) is 65.5 Å². The first-order valence-corrected chi connectivity index (χ1v) is 9.92. The van der Waals surface area contributed by atoms with Crippen LogP contribution in [-0.4, -0.2) is 21.6 Å². The molecule has 4 nitrogen and oxygen atoms in total. The molecule has 5 heteroatoms. The highest BCUT2D eigenvalue weighted by Crippen LogP contribution is 2.30. The first kappa shape index (κ1) is 17.0. The first-order valence-electron chi connectivity index (χ1n) is 8.94. The summed E-state index contributed by atoms with van der Waals surface area (Å²) in [7, 11) is 0. The van der Waals surface area contributed by atoms with E-state index < -0.39 is 0 Å². The van der Waals surface area contributed by atoms with Crippen LogP contribution in [0.4, 0.5) is 0 Å². The molecule has 1 aliphatic carbocycles. The molecule has 0 unspecified atom stereocenters. The van der Waals surface area contributed by atoms with Crippen molar-refractivity contribution in [1.29, 1.82) is 0 Å². The summed E-state index contributed by atoms with van der Waals surface area (Å²) in [6.07, 6.45) is 3.22. The van der Waals surface area contributed by atoms with E-state index in [9.17, 15) is 4.79 Å². The van der Waals surface area contributed by atoms with Crippen LogP contribution in [0.15, 0.2) is 53.6 Å². The number of carbonyl (C=O) groups is 1. The van der Waals surface area contributed by atoms with Crippen molar-refractivity contribution < 1.29 is 4.79 Å².